The second-order valence-corrected chi connectivity index (χ2v) is 8.36. The number of aromatic nitrogens is 2. The molecule has 2 aromatic heterocycles. The van der Waals surface area contributed by atoms with Gasteiger partial charge in [0.25, 0.3) is 0 Å². The number of aliphatic hydroxyl groups excluding tert-OH is 1. The summed E-state index contributed by atoms with van der Waals surface area (Å²) in [5.74, 6) is 0. The van der Waals surface area contributed by atoms with Gasteiger partial charge in [-0.3, -0.25) is 0 Å². The molecule has 0 saturated heterocycles. The number of hydrogen-bond donors (Lipinski definition) is 1. The van der Waals surface area contributed by atoms with Crippen LogP contribution in [0.25, 0.3) is 44.0 Å². The molecule has 0 fully saturated rings. The fourth-order valence-electron chi connectivity index (χ4n) is 4.93. The molecule has 0 amide bonds. The van der Waals surface area contributed by atoms with E-state index < -0.39 is 6.10 Å². The van der Waals surface area contributed by atoms with Crippen LogP contribution in [0.3, 0.4) is 0 Å². The minimum atomic E-state index is -0.535. The first-order chi connectivity index (χ1) is 15.8. The van der Waals surface area contributed by atoms with Crippen LogP contribution in [0, 0.1) is 0 Å². The highest BCUT2D eigenvalue weighted by Gasteiger charge is 2.17. The molecule has 156 valence electrons. The number of aliphatic hydroxyl groups is 1. The van der Waals surface area contributed by atoms with Gasteiger partial charge in [-0.1, -0.05) is 84.9 Å². The molecule has 0 aliphatic carbocycles. The summed E-state index contributed by atoms with van der Waals surface area (Å²) in [7, 11) is 0. The van der Waals surface area contributed by atoms with Gasteiger partial charge in [0.15, 0.2) is 0 Å². The van der Waals surface area contributed by atoms with Gasteiger partial charge in [-0.15, -0.1) is 0 Å². The van der Waals surface area contributed by atoms with Gasteiger partial charge < -0.3 is 14.2 Å². The molecule has 3 heteroatoms. The van der Waals surface area contributed by atoms with Crippen LogP contribution in [-0.4, -0.2) is 20.3 Å². The van der Waals surface area contributed by atoms with Gasteiger partial charge in [-0.2, -0.15) is 0 Å². The van der Waals surface area contributed by atoms with Crippen LogP contribution in [0.1, 0.15) is 0 Å². The summed E-state index contributed by atoms with van der Waals surface area (Å²) in [6.07, 6.45) is -0.535. The van der Waals surface area contributed by atoms with Crippen molar-refractivity contribution in [2.75, 3.05) is 0 Å². The molecular formula is C29H24N2O. The first-order valence-electron chi connectivity index (χ1n) is 11.1. The van der Waals surface area contributed by atoms with Gasteiger partial charge >= 0.3 is 0 Å². The SMILES string of the molecule is O[C@@H](Cn1c(-c2ccccc2)cc2ccccc21)Cn1c2ccccc2c2ccccc21. The molecule has 1 N–H and O–H groups in total. The summed E-state index contributed by atoms with van der Waals surface area (Å²) in [4.78, 5) is 0. The number of hydrogen-bond acceptors (Lipinski definition) is 1. The maximum Gasteiger partial charge on any atom is 0.0898 e. The van der Waals surface area contributed by atoms with E-state index in [0.29, 0.717) is 13.1 Å². The Morgan fingerprint density at radius 2 is 1.09 bits per heavy atom. The highest BCUT2D eigenvalue weighted by molar-refractivity contribution is 6.07. The molecular weight excluding hydrogens is 392 g/mol. The molecule has 0 radical (unpaired) electrons. The number of fused-ring (bicyclic) bond motifs is 4. The van der Waals surface area contributed by atoms with Crippen LogP contribution in [0.2, 0.25) is 0 Å². The van der Waals surface area contributed by atoms with Gasteiger partial charge in [0.2, 0.25) is 0 Å². The van der Waals surface area contributed by atoms with Crippen molar-refractivity contribution in [3.05, 3.63) is 109 Å². The Morgan fingerprint density at radius 3 is 1.78 bits per heavy atom. The van der Waals surface area contributed by atoms with Crippen LogP contribution < -0.4 is 0 Å². The number of para-hydroxylation sites is 3. The molecule has 32 heavy (non-hydrogen) atoms. The molecule has 0 unspecified atom stereocenters. The average Bonchev–Trinajstić information content (AvgIpc) is 3.36. The molecule has 0 aliphatic heterocycles. The molecule has 0 spiro atoms. The largest absolute Gasteiger partial charge is 0.389 e. The van der Waals surface area contributed by atoms with Crippen molar-refractivity contribution in [1.82, 2.24) is 9.13 Å². The van der Waals surface area contributed by atoms with Crippen molar-refractivity contribution in [3.8, 4) is 11.3 Å². The lowest BCUT2D eigenvalue weighted by molar-refractivity contribution is 0.139. The first-order valence-corrected chi connectivity index (χ1v) is 11.1. The number of nitrogens with zero attached hydrogens (tertiary/aromatic N) is 2. The van der Waals surface area contributed by atoms with E-state index in [9.17, 15) is 5.11 Å². The molecule has 0 bridgehead atoms. The Kier molecular flexibility index (Phi) is 4.55. The Morgan fingerprint density at radius 1 is 0.562 bits per heavy atom. The molecule has 6 rings (SSSR count). The highest BCUT2D eigenvalue weighted by atomic mass is 16.3. The van der Waals surface area contributed by atoms with Crippen molar-refractivity contribution in [3.63, 3.8) is 0 Å². The second kappa shape index (κ2) is 7.70. The lowest BCUT2D eigenvalue weighted by Crippen LogP contribution is -2.22. The molecule has 2 heterocycles. The van der Waals surface area contributed by atoms with E-state index in [1.165, 1.54) is 16.2 Å². The third kappa shape index (κ3) is 3.10. The maximum atomic E-state index is 11.3. The first kappa shape index (κ1) is 18.9. The zero-order chi connectivity index (χ0) is 21.5. The smallest absolute Gasteiger partial charge is 0.0898 e. The third-order valence-corrected chi connectivity index (χ3v) is 6.35. The van der Waals surface area contributed by atoms with Crippen molar-refractivity contribution in [2.24, 2.45) is 0 Å². The minimum absolute atomic E-state index is 0.526. The molecule has 0 saturated carbocycles. The van der Waals surface area contributed by atoms with Crippen LogP contribution >= 0.6 is 0 Å². The minimum Gasteiger partial charge on any atom is -0.389 e. The lowest BCUT2D eigenvalue weighted by Gasteiger charge is -2.18. The van der Waals surface area contributed by atoms with Crippen LogP contribution in [0.4, 0.5) is 0 Å². The van der Waals surface area contributed by atoms with E-state index in [4.69, 9.17) is 0 Å². The Labute approximate surface area is 186 Å². The van der Waals surface area contributed by atoms with Crippen molar-refractivity contribution in [2.45, 2.75) is 19.2 Å². The Balaban J connectivity index is 1.42. The topological polar surface area (TPSA) is 30.1 Å². The zero-order valence-corrected chi connectivity index (χ0v) is 17.7. The summed E-state index contributed by atoms with van der Waals surface area (Å²) in [5, 5.41) is 14.9. The fraction of sp³-hybridized carbons (Fsp3) is 0.103. The van der Waals surface area contributed by atoms with Crippen molar-refractivity contribution < 1.29 is 5.11 Å². The lowest BCUT2D eigenvalue weighted by atomic mass is 10.1. The Hall–Kier alpha value is -3.82. The van der Waals surface area contributed by atoms with Gasteiger partial charge in [0.05, 0.1) is 19.2 Å². The fourth-order valence-corrected chi connectivity index (χ4v) is 4.93. The molecule has 3 nitrogen and oxygen atoms in total. The standard InChI is InChI=1S/C29H24N2O/c32-23(20-31-27-16-8-5-13-24(27)25-14-6-9-17-28(25)31)19-30-26-15-7-4-12-22(26)18-29(30)21-10-2-1-3-11-21/h1-18,23,32H,19-20H2/t23-/m0/s1. The predicted molar refractivity (Wildman–Crippen MR) is 133 cm³/mol. The van der Waals surface area contributed by atoms with Crippen molar-refractivity contribution in [1.29, 1.82) is 0 Å². The summed E-state index contributed by atoms with van der Waals surface area (Å²) in [6, 6.07) is 37.9. The molecule has 1 atom stereocenters. The summed E-state index contributed by atoms with van der Waals surface area (Å²) >= 11 is 0. The van der Waals surface area contributed by atoms with Crippen molar-refractivity contribution >= 4 is 32.7 Å². The maximum absolute atomic E-state index is 11.3. The quantitative estimate of drug-likeness (QED) is 0.343. The van der Waals surface area contributed by atoms with E-state index in [1.807, 2.05) is 6.07 Å². The van der Waals surface area contributed by atoms with E-state index in [1.54, 1.807) is 0 Å². The summed E-state index contributed by atoms with van der Waals surface area (Å²) in [6.45, 7) is 1.06. The normalized spacial score (nSPS) is 12.7. The van der Waals surface area contributed by atoms with E-state index in [0.717, 1.165) is 27.8 Å². The van der Waals surface area contributed by atoms with Gasteiger partial charge in [-0.25, -0.2) is 0 Å². The summed E-state index contributed by atoms with van der Waals surface area (Å²) < 4.78 is 4.51. The number of benzene rings is 4. The predicted octanol–water partition coefficient (Wildman–Crippen LogP) is 6.48. The monoisotopic (exact) mass is 416 g/mol. The summed E-state index contributed by atoms with van der Waals surface area (Å²) in [5.41, 5.74) is 5.76. The zero-order valence-electron chi connectivity index (χ0n) is 17.7. The number of rotatable bonds is 5. The molecule has 4 aromatic carbocycles. The van der Waals surface area contributed by atoms with Gasteiger partial charge in [0.1, 0.15) is 0 Å². The van der Waals surface area contributed by atoms with E-state index in [-0.39, 0.29) is 0 Å². The molecule has 0 aliphatic rings. The van der Waals surface area contributed by atoms with E-state index >= 15 is 0 Å². The van der Waals surface area contributed by atoms with Crippen LogP contribution in [-0.2, 0) is 13.1 Å². The average molecular weight is 417 g/mol. The van der Waals surface area contributed by atoms with E-state index in [2.05, 4.69) is 112 Å². The third-order valence-electron chi connectivity index (χ3n) is 6.35. The Bertz CT molecular complexity index is 1490. The second-order valence-electron chi connectivity index (χ2n) is 8.36. The molecule has 6 aromatic rings. The van der Waals surface area contributed by atoms with Crippen LogP contribution in [0.15, 0.2) is 109 Å². The van der Waals surface area contributed by atoms with Gasteiger partial charge in [-0.05, 0) is 29.8 Å². The highest BCUT2D eigenvalue weighted by Crippen LogP contribution is 2.31. The van der Waals surface area contributed by atoms with Gasteiger partial charge in [0, 0.05) is 38.4 Å². The van der Waals surface area contributed by atoms with Crippen LogP contribution in [0.5, 0.6) is 0 Å².